The summed E-state index contributed by atoms with van der Waals surface area (Å²) in [5.74, 6) is -2.69. The molecule has 13 nitrogen and oxygen atoms in total. The van der Waals surface area contributed by atoms with E-state index < -0.39 is 41.0 Å². The maximum absolute atomic E-state index is 13.5. The lowest BCUT2D eigenvalue weighted by atomic mass is 10.0. The Kier molecular flexibility index (Phi) is 13.2. The molecule has 0 radical (unpaired) electrons. The van der Waals surface area contributed by atoms with Crippen LogP contribution < -0.4 is 32.9 Å². The van der Waals surface area contributed by atoms with Gasteiger partial charge in [0.25, 0.3) is 5.56 Å². The van der Waals surface area contributed by atoms with Crippen molar-refractivity contribution in [2.75, 3.05) is 38.3 Å². The van der Waals surface area contributed by atoms with Crippen LogP contribution in [0.4, 0.5) is 10.1 Å². The van der Waals surface area contributed by atoms with Gasteiger partial charge in [0.15, 0.2) is 0 Å². The normalized spacial score (nSPS) is 12.6. The standard InChI is InChI=1S/C26H37FN6O7/c1-16(2)22(32-21(34)8-10-39-12-13-40-11-9-28)24(36)30-17(3)23(35)31-19-6-4-18(5-7-19)15-33-25(37)20(27)14-29-26(33)38/h4-7,14,16-17,22H,8-13,15,28H2,1-3H3,(H,29,38)(H,30,36)(H,31,35)(H,32,34)/t17-,22-/m0/s1. The molecule has 1 aromatic heterocycles. The van der Waals surface area contributed by atoms with Crippen LogP contribution in [0.25, 0.3) is 0 Å². The van der Waals surface area contributed by atoms with E-state index in [4.69, 9.17) is 15.2 Å². The monoisotopic (exact) mass is 564 g/mol. The van der Waals surface area contributed by atoms with Gasteiger partial charge in [-0.25, -0.2) is 4.79 Å². The van der Waals surface area contributed by atoms with Crippen LogP contribution in [-0.4, -0.2) is 72.3 Å². The van der Waals surface area contributed by atoms with Crippen molar-refractivity contribution in [2.45, 2.75) is 45.8 Å². The molecule has 1 aromatic carbocycles. The van der Waals surface area contributed by atoms with Crippen LogP contribution in [0, 0.1) is 11.7 Å². The number of carbonyl (C=O) groups excluding carboxylic acids is 3. The second kappa shape index (κ2) is 16.3. The lowest BCUT2D eigenvalue weighted by molar-refractivity contribution is -0.132. The van der Waals surface area contributed by atoms with Crippen LogP contribution in [0.15, 0.2) is 40.1 Å². The number of nitrogens with one attached hydrogen (secondary N) is 4. The summed E-state index contributed by atoms with van der Waals surface area (Å²) in [5.41, 5.74) is 4.46. The molecule has 2 rings (SSSR count). The van der Waals surface area contributed by atoms with Gasteiger partial charge in [0, 0.05) is 24.8 Å². The fourth-order valence-electron chi connectivity index (χ4n) is 3.48. The molecule has 0 bridgehead atoms. The summed E-state index contributed by atoms with van der Waals surface area (Å²) in [6.07, 6.45) is 0.762. The van der Waals surface area contributed by atoms with Crippen molar-refractivity contribution < 1.29 is 28.2 Å². The molecular formula is C26H37FN6O7. The molecule has 0 saturated heterocycles. The summed E-state index contributed by atoms with van der Waals surface area (Å²) in [6, 6.07) is 4.44. The number of H-pyrrole nitrogens is 1. The van der Waals surface area contributed by atoms with Crippen LogP contribution in [0.5, 0.6) is 0 Å². The summed E-state index contributed by atoms with van der Waals surface area (Å²) in [5, 5.41) is 7.95. The van der Waals surface area contributed by atoms with E-state index in [1.807, 2.05) is 0 Å². The van der Waals surface area contributed by atoms with E-state index in [0.717, 1.165) is 4.57 Å². The summed E-state index contributed by atoms with van der Waals surface area (Å²) in [6.45, 7) is 6.60. The average molecular weight is 565 g/mol. The third-order valence-corrected chi connectivity index (χ3v) is 5.70. The Hall–Kier alpha value is -3.88. The van der Waals surface area contributed by atoms with Gasteiger partial charge < -0.3 is 36.1 Å². The Balaban J connectivity index is 1.85. The number of halogens is 1. The number of rotatable bonds is 16. The Bertz CT molecular complexity index is 1250. The predicted octanol–water partition coefficient (Wildman–Crippen LogP) is -0.310. The molecule has 40 heavy (non-hydrogen) atoms. The number of hydrogen-bond donors (Lipinski definition) is 5. The lowest BCUT2D eigenvalue weighted by Gasteiger charge is -2.24. The number of aromatic amines is 1. The SMILES string of the molecule is CC(C)[C@H](NC(=O)CCOCCOCCN)C(=O)N[C@@H](C)C(=O)Nc1ccc(Cn2c(=O)[nH]cc(F)c2=O)cc1. The maximum atomic E-state index is 13.5. The fraction of sp³-hybridized carbons (Fsp3) is 0.500. The molecule has 2 atom stereocenters. The zero-order valence-corrected chi connectivity index (χ0v) is 22.8. The summed E-state index contributed by atoms with van der Waals surface area (Å²) >= 11 is 0. The van der Waals surface area contributed by atoms with Crippen molar-refractivity contribution in [1.82, 2.24) is 20.2 Å². The van der Waals surface area contributed by atoms with Gasteiger partial charge in [-0.1, -0.05) is 26.0 Å². The topological polar surface area (TPSA) is 187 Å². The van der Waals surface area contributed by atoms with Gasteiger partial charge in [-0.3, -0.25) is 23.7 Å². The quantitative estimate of drug-likeness (QED) is 0.172. The van der Waals surface area contributed by atoms with E-state index >= 15 is 0 Å². The fourth-order valence-corrected chi connectivity index (χ4v) is 3.48. The first-order valence-electron chi connectivity index (χ1n) is 12.9. The van der Waals surface area contributed by atoms with Gasteiger partial charge in [0.1, 0.15) is 12.1 Å². The first kappa shape index (κ1) is 32.3. The van der Waals surface area contributed by atoms with Crippen LogP contribution in [-0.2, 0) is 30.4 Å². The Morgan fingerprint density at radius 3 is 2.25 bits per heavy atom. The van der Waals surface area contributed by atoms with Crippen molar-refractivity contribution in [3.05, 3.63) is 62.7 Å². The second-order valence-corrected chi connectivity index (χ2v) is 9.30. The minimum atomic E-state index is -1.08. The molecule has 3 amide bonds. The zero-order chi connectivity index (χ0) is 29.7. The van der Waals surface area contributed by atoms with Crippen molar-refractivity contribution in [1.29, 1.82) is 0 Å². The number of nitrogens with zero attached hydrogens (tertiary/aromatic N) is 1. The van der Waals surface area contributed by atoms with Gasteiger partial charge in [0.2, 0.25) is 23.5 Å². The molecular weight excluding hydrogens is 527 g/mol. The predicted molar refractivity (Wildman–Crippen MR) is 145 cm³/mol. The Morgan fingerprint density at radius 1 is 0.975 bits per heavy atom. The summed E-state index contributed by atoms with van der Waals surface area (Å²) in [7, 11) is 0. The first-order valence-corrected chi connectivity index (χ1v) is 12.9. The number of hydrogen-bond acceptors (Lipinski definition) is 8. The Labute approximate surface area is 230 Å². The maximum Gasteiger partial charge on any atom is 0.328 e. The van der Waals surface area contributed by atoms with Gasteiger partial charge in [-0.2, -0.15) is 4.39 Å². The van der Waals surface area contributed by atoms with Crippen LogP contribution in [0.3, 0.4) is 0 Å². The molecule has 0 aliphatic heterocycles. The van der Waals surface area contributed by atoms with E-state index in [9.17, 15) is 28.4 Å². The van der Waals surface area contributed by atoms with Crippen molar-refractivity contribution >= 4 is 23.4 Å². The van der Waals surface area contributed by atoms with Gasteiger partial charge >= 0.3 is 5.69 Å². The molecule has 1 heterocycles. The number of amides is 3. The minimum Gasteiger partial charge on any atom is -0.379 e. The number of carbonyl (C=O) groups is 3. The molecule has 0 saturated carbocycles. The smallest absolute Gasteiger partial charge is 0.328 e. The Morgan fingerprint density at radius 2 is 1.62 bits per heavy atom. The second-order valence-electron chi connectivity index (χ2n) is 9.30. The number of nitrogens with two attached hydrogens (primary N) is 1. The first-order chi connectivity index (χ1) is 19.0. The molecule has 14 heteroatoms. The molecule has 0 fully saturated rings. The number of anilines is 1. The largest absolute Gasteiger partial charge is 0.379 e. The highest BCUT2D eigenvalue weighted by atomic mass is 19.1. The van der Waals surface area contributed by atoms with Crippen LogP contribution in [0.2, 0.25) is 0 Å². The third kappa shape index (κ3) is 10.4. The van der Waals surface area contributed by atoms with E-state index in [1.54, 1.807) is 38.1 Å². The molecule has 220 valence electrons. The van der Waals surface area contributed by atoms with Gasteiger partial charge in [0.05, 0.1) is 33.0 Å². The minimum absolute atomic E-state index is 0.0572. The molecule has 2 aromatic rings. The lowest BCUT2D eigenvalue weighted by Crippen LogP contribution is -2.53. The van der Waals surface area contributed by atoms with Gasteiger partial charge in [-0.05, 0) is 30.5 Å². The van der Waals surface area contributed by atoms with E-state index in [-0.39, 0.29) is 31.4 Å². The van der Waals surface area contributed by atoms with Crippen LogP contribution in [0.1, 0.15) is 32.8 Å². The third-order valence-electron chi connectivity index (χ3n) is 5.70. The highest BCUT2D eigenvalue weighted by Crippen LogP contribution is 2.11. The summed E-state index contributed by atoms with van der Waals surface area (Å²) < 4.78 is 24.7. The van der Waals surface area contributed by atoms with E-state index in [1.165, 1.54) is 6.92 Å². The van der Waals surface area contributed by atoms with E-state index in [2.05, 4.69) is 20.9 Å². The molecule has 0 aliphatic rings. The van der Waals surface area contributed by atoms with E-state index in [0.29, 0.717) is 43.8 Å². The number of benzene rings is 1. The van der Waals surface area contributed by atoms with Crippen molar-refractivity contribution in [2.24, 2.45) is 11.7 Å². The molecule has 6 N–H and O–H groups in total. The number of ether oxygens (including phenoxy) is 2. The molecule has 0 unspecified atom stereocenters. The highest BCUT2D eigenvalue weighted by Gasteiger charge is 2.27. The van der Waals surface area contributed by atoms with Crippen molar-refractivity contribution in [3.63, 3.8) is 0 Å². The van der Waals surface area contributed by atoms with Gasteiger partial charge in [-0.15, -0.1) is 0 Å². The van der Waals surface area contributed by atoms with Crippen LogP contribution >= 0.6 is 0 Å². The highest BCUT2D eigenvalue weighted by molar-refractivity contribution is 5.98. The van der Waals surface area contributed by atoms with Crippen molar-refractivity contribution in [3.8, 4) is 0 Å². The molecule has 0 spiro atoms. The number of aromatic nitrogens is 2. The molecule has 0 aliphatic carbocycles. The summed E-state index contributed by atoms with van der Waals surface area (Å²) in [4.78, 5) is 63.6. The zero-order valence-electron chi connectivity index (χ0n) is 22.8. The average Bonchev–Trinajstić information content (AvgIpc) is 2.92.